The number of benzene rings is 2. The molecule has 0 unspecified atom stereocenters. The lowest BCUT2D eigenvalue weighted by atomic mass is 10.2. The minimum absolute atomic E-state index is 0.0553. The van der Waals surface area contributed by atoms with E-state index in [1.807, 2.05) is 18.2 Å². The molecule has 0 saturated carbocycles. The van der Waals surface area contributed by atoms with E-state index in [-0.39, 0.29) is 22.3 Å². The third-order valence-electron chi connectivity index (χ3n) is 3.48. The van der Waals surface area contributed by atoms with Gasteiger partial charge in [0, 0.05) is 5.69 Å². The highest BCUT2D eigenvalue weighted by atomic mass is 35.5. The molecule has 0 fully saturated rings. The molecule has 0 radical (unpaired) electrons. The smallest absolute Gasteiger partial charge is 0.279 e. The lowest BCUT2D eigenvalue weighted by Gasteiger charge is -2.15. The van der Waals surface area contributed by atoms with Gasteiger partial charge in [0.25, 0.3) is 11.8 Å². The summed E-state index contributed by atoms with van der Waals surface area (Å²) >= 11 is 11.7. The first-order chi connectivity index (χ1) is 11.5. The molecule has 7 heteroatoms. The van der Waals surface area contributed by atoms with Crippen molar-refractivity contribution in [2.45, 2.75) is 6.54 Å². The molecule has 122 valence electrons. The second-order valence-electron chi connectivity index (χ2n) is 5.12. The molecule has 1 N–H and O–H groups in total. The molecular formula is C17H11Cl2FN2O2. The number of amides is 2. The Balaban J connectivity index is 1.82. The van der Waals surface area contributed by atoms with Crippen molar-refractivity contribution in [1.29, 1.82) is 0 Å². The second-order valence-corrected chi connectivity index (χ2v) is 5.91. The van der Waals surface area contributed by atoms with Crippen LogP contribution in [-0.2, 0) is 16.1 Å². The van der Waals surface area contributed by atoms with Gasteiger partial charge in [0.1, 0.15) is 16.5 Å². The SMILES string of the molecule is O=C1C(Cl)=C(Nc2ccc(F)c(Cl)c2)C(=O)N1Cc1ccccc1. The second kappa shape index (κ2) is 6.63. The number of nitrogens with one attached hydrogen (secondary N) is 1. The van der Waals surface area contributed by atoms with E-state index in [2.05, 4.69) is 5.32 Å². The highest BCUT2D eigenvalue weighted by Crippen LogP contribution is 2.28. The molecule has 0 saturated heterocycles. The summed E-state index contributed by atoms with van der Waals surface area (Å²) in [6.45, 7) is 0.115. The standard InChI is InChI=1S/C17H11Cl2FN2O2/c18-12-8-11(6-7-13(12)20)21-15-14(19)16(23)22(17(15)24)9-10-4-2-1-3-5-10/h1-8,21H,9H2. The lowest BCUT2D eigenvalue weighted by molar-refractivity contribution is -0.138. The molecule has 1 aliphatic heterocycles. The molecule has 2 aromatic carbocycles. The van der Waals surface area contributed by atoms with E-state index >= 15 is 0 Å². The van der Waals surface area contributed by atoms with Gasteiger partial charge in [0.2, 0.25) is 0 Å². The maximum absolute atomic E-state index is 13.2. The zero-order chi connectivity index (χ0) is 17.3. The van der Waals surface area contributed by atoms with Crippen LogP contribution < -0.4 is 5.32 Å². The largest absolute Gasteiger partial charge is 0.350 e. The Labute approximate surface area is 147 Å². The van der Waals surface area contributed by atoms with Crippen molar-refractivity contribution in [3.8, 4) is 0 Å². The van der Waals surface area contributed by atoms with Crippen LogP contribution >= 0.6 is 23.2 Å². The zero-order valence-corrected chi connectivity index (χ0v) is 13.7. The maximum atomic E-state index is 13.2. The van der Waals surface area contributed by atoms with Crippen molar-refractivity contribution in [3.63, 3.8) is 0 Å². The molecule has 0 spiro atoms. The van der Waals surface area contributed by atoms with Gasteiger partial charge in [-0.1, -0.05) is 53.5 Å². The maximum Gasteiger partial charge on any atom is 0.279 e. The predicted molar refractivity (Wildman–Crippen MR) is 89.9 cm³/mol. The third-order valence-corrected chi connectivity index (χ3v) is 4.12. The monoisotopic (exact) mass is 364 g/mol. The first kappa shape index (κ1) is 16.5. The van der Waals surface area contributed by atoms with Gasteiger partial charge < -0.3 is 5.32 Å². The van der Waals surface area contributed by atoms with Crippen LogP contribution in [0.3, 0.4) is 0 Å². The molecule has 1 heterocycles. The highest BCUT2D eigenvalue weighted by molar-refractivity contribution is 6.48. The number of nitrogens with zero attached hydrogens (tertiary/aromatic N) is 1. The Kier molecular flexibility index (Phi) is 4.55. The van der Waals surface area contributed by atoms with Gasteiger partial charge >= 0.3 is 0 Å². The summed E-state index contributed by atoms with van der Waals surface area (Å²) in [4.78, 5) is 25.8. The number of hydrogen-bond acceptors (Lipinski definition) is 3. The molecular weight excluding hydrogens is 354 g/mol. The van der Waals surface area contributed by atoms with Gasteiger partial charge in [-0.2, -0.15) is 0 Å². The number of hydrogen-bond donors (Lipinski definition) is 1. The van der Waals surface area contributed by atoms with Crippen LogP contribution in [0.15, 0.2) is 59.3 Å². The van der Waals surface area contributed by atoms with Crippen LogP contribution in [-0.4, -0.2) is 16.7 Å². The minimum Gasteiger partial charge on any atom is -0.350 e. The Morgan fingerprint density at radius 2 is 1.71 bits per heavy atom. The summed E-state index contributed by atoms with van der Waals surface area (Å²) in [5, 5.41) is 2.43. The molecule has 3 rings (SSSR count). The van der Waals surface area contributed by atoms with Gasteiger partial charge in [-0.3, -0.25) is 14.5 Å². The molecule has 2 amide bonds. The van der Waals surface area contributed by atoms with E-state index in [0.717, 1.165) is 16.5 Å². The zero-order valence-electron chi connectivity index (χ0n) is 12.2. The van der Waals surface area contributed by atoms with Crippen LogP contribution in [0.1, 0.15) is 5.56 Å². The Bertz CT molecular complexity index is 853. The summed E-state index contributed by atoms with van der Waals surface area (Å²) in [5.74, 6) is -1.71. The predicted octanol–water partition coefficient (Wildman–Crippen LogP) is 3.91. The fourth-order valence-electron chi connectivity index (χ4n) is 2.28. The summed E-state index contributed by atoms with van der Waals surface area (Å²) < 4.78 is 13.2. The van der Waals surface area contributed by atoms with Crippen LogP contribution in [0.2, 0.25) is 5.02 Å². The Morgan fingerprint density at radius 3 is 2.38 bits per heavy atom. The molecule has 2 aromatic rings. The first-order valence-corrected chi connectivity index (χ1v) is 7.75. The van der Waals surface area contributed by atoms with E-state index in [4.69, 9.17) is 23.2 Å². The van der Waals surface area contributed by atoms with Gasteiger partial charge in [0.15, 0.2) is 0 Å². The first-order valence-electron chi connectivity index (χ1n) is 6.99. The number of carbonyl (C=O) groups excluding carboxylic acids is 2. The number of carbonyl (C=O) groups is 2. The van der Waals surface area contributed by atoms with E-state index < -0.39 is 17.6 Å². The van der Waals surface area contributed by atoms with Crippen molar-refractivity contribution in [3.05, 3.63) is 75.7 Å². The molecule has 4 nitrogen and oxygen atoms in total. The van der Waals surface area contributed by atoms with Gasteiger partial charge in [-0.25, -0.2) is 4.39 Å². The molecule has 0 bridgehead atoms. The van der Waals surface area contributed by atoms with Crippen LogP contribution in [0.4, 0.5) is 10.1 Å². The summed E-state index contributed by atoms with van der Waals surface area (Å²) in [6, 6.07) is 12.9. The van der Waals surface area contributed by atoms with Crippen molar-refractivity contribution < 1.29 is 14.0 Å². The lowest BCUT2D eigenvalue weighted by Crippen LogP contribution is -2.31. The Morgan fingerprint density at radius 1 is 1.00 bits per heavy atom. The average molecular weight is 365 g/mol. The average Bonchev–Trinajstić information content (AvgIpc) is 2.77. The van der Waals surface area contributed by atoms with E-state index in [9.17, 15) is 14.0 Å². The summed E-state index contributed by atoms with van der Waals surface area (Å²) in [5.41, 5.74) is 1.10. The molecule has 0 atom stereocenters. The fourth-order valence-corrected chi connectivity index (χ4v) is 2.69. The molecule has 0 aliphatic carbocycles. The van der Waals surface area contributed by atoms with Crippen molar-refractivity contribution in [2.75, 3.05) is 5.32 Å². The quantitative estimate of drug-likeness (QED) is 0.836. The van der Waals surface area contributed by atoms with Gasteiger partial charge in [0.05, 0.1) is 11.6 Å². The van der Waals surface area contributed by atoms with Crippen molar-refractivity contribution >= 4 is 40.7 Å². The summed E-state index contributed by atoms with van der Waals surface area (Å²) in [6.07, 6.45) is 0. The van der Waals surface area contributed by atoms with E-state index in [0.29, 0.717) is 5.69 Å². The van der Waals surface area contributed by atoms with Crippen LogP contribution in [0.25, 0.3) is 0 Å². The fraction of sp³-hybridized carbons (Fsp3) is 0.0588. The number of anilines is 1. The highest BCUT2D eigenvalue weighted by Gasteiger charge is 2.37. The van der Waals surface area contributed by atoms with Crippen molar-refractivity contribution in [1.82, 2.24) is 4.90 Å². The van der Waals surface area contributed by atoms with E-state index in [1.54, 1.807) is 12.1 Å². The van der Waals surface area contributed by atoms with Crippen LogP contribution in [0.5, 0.6) is 0 Å². The Hall–Kier alpha value is -2.37. The minimum atomic E-state index is -0.582. The topological polar surface area (TPSA) is 49.4 Å². The number of rotatable bonds is 4. The van der Waals surface area contributed by atoms with Crippen molar-refractivity contribution in [2.24, 2.45) is 0 Å². The molecule has 1 aliphatic rings. The third kappa shape index (κ3) is 3.13. The number of imide groups is 1. The molecule has 0 aromatic heterocycles. The normalized spacial score (nSPS) is 14.5. The van der Waals surface area contributed by atoms with Crippen LogP contribution in [0, 0.1) is 5.82 Å². The van der Waals surface area contributed by atoms with Gasteiger partial charge in [-0.05, 0) is 23.8 Å². The number of halogens is 3. The molecule has 24 heavy (non-hydrogen) atoms. The van der Waals surface area contributed by atoms with Gasteiger partial charge in [-0.15, -0.1) is 0 Å². The van der Waals surface area contributed by atoms with E-state index in [1.165, 1.54) is 12.1 Å². The summed E-state index contributed by atoms with van der Waals surface area (Å²) in [7, 11) is 0.